The van der Waals surface area contributed by atoms with Crippen molar-refractivity contribution >= 4 is 0 Å². The summed E-state index contributed by atoms with van der Waals surface area (Å²) in [6, 6.07) is 6.24. The zero-order chi connectivity index (χ0) is 9.36. The molecule has 14 heavy (non-hydrogen) atoms. The minimum absolute atomic E-state index is 0. The van der Waals surface area contributed by atoms with E-state index in [1.807, 2.05) is 0 Å². The van der Waals surface area contributed by atoms with Gasteiger partial charge in [0.1, 0.15) is 6.54 Å². The van der Waals surface area contributed by atoms with Crippen LogP contribution in [0.1, 0.15) is 39.0 Å². The second kappa shape index (κ2) is 9.20. The second-order valence-electron chi connectivity index (χ2n) is 3.53. The molecule has 0 atom stereocenters. The Balaban J connectivity index is 0.00000169. The molecule has 0 aliphatic heterocycles. The van der Waals surface area contributed by atoms with Crippen molar-refractivity contribution in [3.8, 4) is 0 Å². The molecule has 1 aromatic rings. The summed E-state index contributed by atoms with van der Waals surface area (Å²) in [6.07, 6.45) is 11.1. The lowest BCUT2D eigenvalue weighted by molar-refractivity contribution is -0.697. The van der Waals surface area contributed by atoms with E-state index in [1.54, 1.807) is 0 Å². The lowest BCUT2D eigenvalue weighted by Crippen LogP contribution is -3.00. The average molecular weight is 258 g/mol. The van der Waals surface area contributed by atoms with Gasteiger partial charge in [-0.1, -0.05) is 32.3 Å². The van der Waals surface area contributed by atoms with Crippen LogP contribution < -0.4 is 21.5 Å². The molecule has 0 saturated heterocycles. The largest absolute Gasteiger partial charge is 1.00 e. The third-order valence-corrected chi connectivity index (χ3v) is 2.30. The van der Waals surface area contributed by atoms with E-state index < -0.39 is 0 Å². The van der Waals surface area contributed by atoms with Crippen LogP contribution in [0.15, 0.2) is 30.6 Å². The monoisotopic (exact) mass is 257 g/mol. The maximum atomic E-state index is 2.26. The Morgan fingerprint density at radius 2 is 1.50 bits per heavy atom. The zero-order valence-corrected chi connectivity index (χ0v) is 10.5. The molecular weight excluding hydrogens is 238 g/mol. The minimum atomic E-state index is 0. The Kier molecular flexibility index (Phi) is 8.95. The summed E-state index contributed by atoms with van der Waals surface area (Å²) in [6.45, 7) is 3.43. The van der Waals surface area contributed by atoms with Crippen molar-refractivity contribution in [3.63, 3.8) is 0 Å². The predicted octanol–water partition coefficient (Wildman–Crippen LogP) is -0.0515. The Morgan fingerprint density at radius 1 is 0.857 bits per heavy atom. The van der Waals surface area contributed by atoms with Crippen LogP contribution in [0.5, 0.6) is 0 Å². The van der Waals surface area contributed by atoms with Gasteiger partial charge < -0.3 is 17.0 Å². The first-order valence-electron chi connectivity index (χ1n) is 5.37. The number of halogens is 1. The summed E-state index contributed by atoms with van der Waals surface area (Å²) in [7, 11) is 0. The topological polar surface area (TPSA) is 3.88 Å². The van der Waals surface area contributed by atoms with Gasteiger partial charge in [-0.15, -0.1) is 0 Å². The van der Waals surface area contributed by atoms with E-state index in [0.29, 0.717) is 0 Å². The van der Waals surface area contributed by atoms with Crippen LogP contribution in [0.3, 0.4) is 0 Å². The number of aromatic nitrogens is 1. The maximum absolute atomic E-state index is 2.26. The van der Waals surface area contributed by atoms with Gasteiger partial charge in [-0.05, 0) is 6.42 Å². The van der Waals surface area contributed by atoms with Crippen molar-refractivity contribution in [2.45, 2.75) is 45.6 Å². The average Bonchev–Trinajstić information content (AvgIpc) is 2.19. The summed E-state index contributed by atoms with van der Waals surface area (Å²) in [5.41, 5.74) is 0. The summed E-state index contributed by atoms with van der Waals surface area (Å²) >= 11 is 0. The summed E-state index contributed by atoms with van der Waals surface area (Å²) in [4.78, 5) is 0. The molecule has 80 valence electrons. The normalized spacial score (nSPS) is 9.50. The van der Waals surface area contributed by atoms with Gasteiger partial charge >= 0.3 is 0 Å². The van der Waals surface area contributed by atoms with Gasteiger partial charge in [0.15, 0.2) is 12.4 Å². The number of hydrogen-bond acceptors (Lipinski definition) is 0. The van der Waals surface area contributed by atoms with Crippen LogP contribution in [-0.4, -0.2) is 0 Å². The molecule has 2 heteroatoms. The predicted molar refractivity (Wildman–Crippen MR) is 55.4 cm³/mol. The van der Waals surface area contributed by atoms with Crippen LogP contribution >= 0.6 is 0 Å². The highest BCUT2D eigenvalue weighted by molar-refractivity contribution is 4.83. The molecule has 1 nitrogen and oxygen atoms in total. The van der Waals surface area contributed by atoms with Crippen LogP contribution in [0.4, 0.5) is 0 Å². The van der Waals surface area contributed by atoms with Gasteiger partial charge in [0.25, 0.3) is 0 Å². The highest BCUT2D eigenvalue weighted by Gasteiger charge is 1.96. The van der Waals surface area contributed by atoms with E-state index in [0.717, 1.165) is 0 Å². The molecule has 0 aliphatic carbocycles. The van der Waals surface area contributed by atoms with Gasteiger partial charge in [0.05, 0.1) is 0 Å². The fraction of sp³-hybridized carbons (Fsp3) is 0.583. The summed E-state index contributed by atoms with van der Waals surface area (Å²) < 4.78 is 2.26. The van der Waals surface area contributed by atoms with Crippen molar-refractivity contribution < 1.29 is 21.5 Å². The highest BCUT2D eigenvalue weighted by Crippen LogP contribution is 2.01. The van der Waals surface area contributed by atoms with E-state index >= 15 is 0 Å². The molecule has 1 aromatic heterocycles. The summed E-state index contributed by atoms with van der Waals surface area (Å²) in [5.74, 6) is 0. The molecule has 0 fully saturated rings. The van der Waals surface area contributed by atoms with Crippen molar-refractivity contribution in [3.05, 3.63) is 30.6 Å². The molecule has 0 spiro atoms. The maximum Gasteiger partial charge on any atom is 0.168 e. The molecular formula is C12H20BrN. The first kappa shape index (κ1) is 13.6. The number of nitrogens with zero attached hydrogens (tertiary/aromatic N) is 1. The number of pyridine rings is 1. The number of aryl methyl sites for hydroxylation is 1. The first-order chi connectivity index (χ1) is 6.43. The molecule has 0 aliphatic rings. The lowest BCUT2D eigenvalue weighted by atomic mass is 10.1. The second-order valence-corrected chi connectivity index (χ2v) is 3.53. The molecule has 1 heterocycles. The van der Waals surface area contributed by atoms with E-state index in [2.05, 4.69) is 42.1 Å². The molecule has 0 N–H and O–H groups in total. The van der Waals surface area contributed by atoms with Gasteiger partial charge in [-0.25, -0.2) is 4.57 Å². The standard InChI is InChI=1S/C12H20N.BrH/c1-2-3-4-5-7-10-13-11-8-6-9-12-13;/h6,8-9,11-12H,2-5,7,10H2,1H3;1H/q+1;/p-1. The fourth-order valence-corrected chi connectivity index (χ4v) is 1.48. The van der Waals surface area contributed by atoms with Crippen LogP contribution in [-0.2, 0) is 6.54 Å². The third kappa shape index (κ3) is 6.14. The fourth-order valence-electron chi connectivity index (χ4n) is 1.48. The molecule has 0 amide bonds. The van der Waals surface area contributed by atoms with E-state index in [1.165, 1.54) is 38.6 Å². The number of hydrogen-bond donors (Lipinski definition) is 0. The number of rotatable bonds is 6. The highest BCUT2D eigenvalue weighted by atomic mass is 79.9. The summed E-state index contributed by atoms with van der Waals surface area (Å²) in [5, 5.41) is 0. The van der Waals surface area contributed by atoms with E-state index in [9.17, 15) is 0 Å². The van der Waals surface area contributed by atoms with E-state index in [-0.39, 0.29) is 17.0 Å². The van der Waals surface area contributed by atoms with Crippen molar-refractivity contribution in [1.29, 1.82) is 0 Å². The molecule has 0 saturated carbocycles. The quantitative estimate of drug-likeness (QED) is 0.497. The SMILES string of the molecule is CCCCCCC[n+]1ccccc1.[Br-]. The Morgan fingerprint density at radius 3 is 2.14 bits per heavy atom. The smallest absolute Gasteiger partial charge is 0.168 e. The molecule has 0 radical (unpaired) electrons. The molecule has 1 rings (SSSR count). The molecule has 0 bridgehead atoms. The lowest BCUT2D eigenvalue weighted by Gasteiger charge is -1.97. The minimum Gasteiger partial charge on any atom is -1.00 e. The van der Waals surface area contributed by atoms with E-state index in [4.69, 9.17) is 0 Å². The number of unbranched alkanes of at least 4 members (excludes halogenated alkanes) is 4. The van der Waals surface area contributed by atoms with Crippen molar-refractivity contribution in [2.24, 2.45) is 0 Å². The van der Waals surface area contributed by atoms with Crippen molar-refractivity contribution in [2.75, 3.05) is 0 Å². The Bertz CT molecular complexity index is 211. The third-order valence-electron chi connectivity index (χ3n) is 2.30. The van der Waals surface area contributed by atoms with Gasteiger partial charge in [-0.3, -0.25) is 0 Å². The van der Waals surface area contributed by atoms with Gasteiger partial charge in [-0.2, -0.15) is 0 Å². The van der Waals surface area contributed by atoms with Crippen LogP contribution in [0, 0.1) is 0 Å². The molecule has 0 aromatic carbocycles. The van der Waals surface area contributed by atoms with Crippen LogP contribution in [0.25, 0.3) is 0 Å². The first-order valence-corrected chi connectivity index (χ1v) is 5.37. The zero-order valence-electron chi connectivity index (χ0n) is 8.95. The Labute approximate surface area is 97.9 Å². The van der Waals surface area contributed by atoms with Gasteiger partial charge in [0.2, 0.25) is 0 Å². The molecule has 0 unspecified atom stereocenters. The van der Waals surface area contributed by atoms with Crippen LogP contribution in [0.2, 0.25) is 0 Å². The van der Waals surface area contributed by atoms with Gasteiger partial charge in [0, 0.05) is 18.6 Å². The van der Waals surface area contributed by atoms with Crippen molar-refractivity contribution in [1.82, 2.24) is 0 Å². The Hall–Kier alpha value is -0.370.